The molecular formula is C24H25NO3. The Morgan fingerprint density at radius 2 is 1.68 bits per heavy atom. The van der Waals surface area contributed by atoms with Crippen molar-refractivity contribution >= 4 is 11.6 Å². The molecule has 3 rings (SSSR count). The zero-order valence-corrected chi connectivity index (χ0v) is 16.5. The number of carbonyl (C=O) groups is 1. The Morgan fingerprint density at radius 3 is 2.39 bits per heavy atom. The van der Waals surface area contributed by atoms with Crippen LogP contribution in [-0.4, -0.2) is 12.5 Å². The number of para-hydroxylation sites is 1. The molecule has 0 heterocycles. The van der Waals surface area contributed by atoms with Gasteiger partial charge in [-0.05, 0) is 74.4 Å². The third kappa shape index (κ3) is 4.92. The first-order valence-corrected chi connectivity index (χ1v) is 9.39. The molecule has 0 bridgehead atoms. The number of hydrogen-bond acceptors (Lipinski definition) is 3. The maximum absolute atomic E-state index is 12.6. The summed E-state index contributed by atoms with van der Waals surface area (Å²) in [5.74, 6) is 1.36. The van der Waals surface area contributed by atoms with E-state index in [4.69, 9.17) is 9.47 Å². The quantitative estimate of drug-likeness (QED) is 0.590. The van der Waals surface area contributed by atoms with E-state index >= 15 is 0 Å². The molecule has 0 unspecified atom stereocenters. The molecule has 0 aromatic heterocycles. The van der Waals surface area contributed by atoms with Gasteiger partial charge in [0, 0.05) is 16.8 Å². The van der Waals surface area contributed by atoms with Crippen LogP contribution in [0.5, 0.6) is 11.5 Å². The molecule has 1 amide bonds. The lowest BCUT2D eigenvalue weighted by molar-refractivity contribution is 0.102. The van der Waals surface area contributed by atoms with Crippen LogP contribution in [-0.2, 0) is 6.61 Å². The summed E-state index contributed by atoms with van der Waals surface area (Å²) >= 11 is 0. The Morgan fingerprint density at radius 1 is 0.893 bits per heavy atom. The molecule has 0 radical (unpaired) electrons. The van der Waals surface area contributed by atoms with Crippen molar-refractivity contribution in [1.82, 2.24) is 0 Å². The molecule has 4 nitrogen and oxygen atoms in total. The van der Waals surface area contributed by atoms with Crippen LogP contribution in [0.15, 0.2) is 66.7 Å². The zero-order chi connectivity index (χ0) is 19.9. The van der Waals surface area contributed by atoms with E-state index < -0.39 is 0 Å². The number of benzene rings is 3. The maximum Gasteiger partial charge on any atom is 0.255 e. The van der Waals surface area contributed by atoms with E-state index in [0.717, 1.165) is 22.7 Å². The standard InChI is InChI=1S/C24H25NO3/c1-4-27-23-13-11-19(24(26)25-21-8-6-5-7-9-21)15-20(23)16-28-22-12-10-17(2)18(3)14-22/h5-15H,4,16H2,1-3H3,(H,25,26). The van der Waals surface area contributed by atoms with E-state index in [2.05, 4.69) is 19.2 Å². The predicted octanol–water partition coefficient (Wildman–Crippen LogP) is 5.53. The van der Waals surface area contributed by atoms with Crippen LogP contribution < -0.4 is 14.8 Å². The monoisotopic (exact) mass is 375 g/mol. The molecule has 1 N–H and O–H groups in total. The fourth-order valence-electron chi connectivity index (χ4n) is 2.82. The fourth-order valence-corrected chi connectivity index (χ4v) is 2.82. The molecule has 0 atom stereocenters. The van der Waals surface area contributed by atoms with Gasteiger partial charge in [-0.3, -0.25) is 4.79 Å². The molecule has 144 valence electrons. The minimum atomic E-state index is -0.165. The summed E-state index contributed by atoms with van der Waals surface area (Å²) in [4.78, 5) is 12.6. The third-order valence-corrected chi connectivity index (χ3v) is 4.53. The lowest BCUT2D eigenvalue weighted by atomic mass is 10.1. The van der Waals surface area contributed by atoms with E-state index in [1.807, 2.05) is 67.6 Å². The summed E-state index contributed by atoms with van der Waals surface area (Å²) in [5, 5.41) is 2.90. The summed E-state index contributed by atoms with van der Waals surface area (Å²) in [5.41, 5.74) is 4.56. The van der Waals surface area contributed by atoms with Crippen LogP contribution in [0.25, 0.3) is 0 Å². The second-order valence-corrected chi connectivity index (χ2v) is 6.61. The molecule has 0 saturated carbocycles. The van der Waals surface area contributed by atoms with Gasteiger partial charge in [0.15, 0.2) is 0 Å². The van der Waals surface area contributed by atoms with Crippen LogP contribution >= 0.6 is 0 Å². The summed E-state index contributed by atoms with van der Waals surface area (Å²) in [6, 6.07) is 20.8. The normalized spacial score (nSPS) is 10.4. The molecule has 28 heavy (non-hydrogen) atoms. The first-order chi connectivity index (χ1) is 13.6. The maximum atomic E-state index is 12.6. The van der Waals surface area contributed by atoms with E-state index in [1.54, 1.807) is 6.07 Å². The fraction of sp³-hybridized carbons (Fsp3) is 0.208. The van der Waals surface area contributed by atoms with Crippen molar-refractivity contribution in [3.8, 4) is 11.5 Å². The highest BCUT2D eigenvalue weighted by Crippen LogP contribution is 2.24. The number of ether oxygens (including phenoxy) is 2. The van der Waals surface area contributed by atoms with E-state index in [-0.39, 0.29) is 5.91 Å². The Kier molecular flexibility index (Phi) is 6.33. The van der Waals surface area contributed by atoms with Crippen LogP contribution in [0.1, 0.15) is 34.0 Å². The van der Waals surface area contributed by atoms with Gasteiger partial charge in [-0.1, -0.05) is 24.3 Å². The van der Waals surface area contributed by atoms with Gasteiger partial charge in [0.2, 0.25) is 0 Å². The molecule has 0 fully saturated rings. The lowest BCUT2D eigenvalue weighted by Crippen LogP contribution is -2.13. The Balaban J connectivity index is 1.78. The van der Waals surface area contributed by atoms with Gasteiger partial charge in [0.05, 0.1) is 6.61 Å². The first-order valence-electron chi connectivity index (χ1n) is 9.39. The number of rotatable bonds is 7. The number of nitrogens with one attached hydrogen (secondary N) is 1. The largest absolute Gasteiger partial charge is 0.493 e. The zero-order valence-electron chi connectivity index (χ0n) is 16.5. The Hall–Kier alpha value is -3.27. The molecule has 3 aromatic carbocycles. The van der Waals surface area contributed by atoms with Gasteiger partial charge < -0.3 is 14.8 Å². The number of anilines is 1. The predicted molar refractivity (Wildman–Crippen MR) is 112 cm³/mol. The minimum absolute atomic E-state index is 0.165. The summed E-state index contributed by atoms with van der Waals surface area (Å²) in [6.45, 7) is 6.93. The SMILES string of the molecule is CCOc1ccc(C(=O)Nc2ccccc2)cc1COc1ccc(C)c(C)c1. The first kappa shape index (κ1) is 19.5. The Labute approximate surface area is 166 Å². The molecule has 0 spiro atoms. The van der Waals surface area contributed by atoms with E-state index in [0.29, 0.717) is 18.8 Å². The second kappa shape index (κ2) is 9.09. The smallest absolute Gasteiger partial charge is 0.255 e. The Bertz CT molecular complexity index is 951. The average Bonchev–Trinajstić information content (AvgIpc) is 2.70. The number of hydrogen-bond donors (Lipinski definition) is 1. The summed E-state index contributed by atoms with van der Waals surface area (Å²) in [7, 11) is 0. The van der Waals surface area contributed by atoms with Crippen molar-refractivity contribution in [2.75, 3.05) is 11.9 Å². The van der Waals surface area contributed by atoms with Crippen LogP contribution in [0, 0.1) is 13.8 Å². The van der Waals surface area contributed by atoms with Crippen molar-refractivity contribution < 1.29 is 14.3 Å². The molecule has 3 aromatic rings. The molecule has 0 aliphatic rings. The molecule has 4 heteroatoms. The van der Waals surface area contributed by atoms with Gasteiger partial charge in [0.25, 0.3) is 5.91 Å². The van der Waals surface area contributed by atoms with Crippen LogP contribution in [0.3, 0.4) is 0 Å². The van der Waals surface area contributed by atoms with Gasteiger partial charge >= 0.3 is 0 Å². The average molecular weight is 375 g/mol. The number of aryl methyl sites for hydroxylation is 2. The highest BCUT2D eigenvalue weighted by atomic mass is 16.5. The van der Waals surface area contributed by atoms with Gasteiger partial charge in [0.1, 0.15) is 18.1 Å². The molecule has 0 saturated heterocycles. The van der Waals surface area contributed by atoms with E-state index in [1.165, 1.54) is 11.1 Å². The van der Waals surface area contributed by atoms with Crippen LogP contribution in [0.2, 0.25) is 0 Å². The number of amides is 1. The topological polar surface area (TPSA) is 47.6 Å². The summed E-state index contributed by atoms with van der Waals surface area (Å²) in [6.07, 6.45) is 0. The number of carbonyl (C=O) groups excluding carboxylic acids is 1. The molecule has 0 aliphatic heterocycles. The minimum Gasteiger partial charge on any atom is -0.493 e. The summed E-state index contributed by atoms with van der Waals surface area (Å²) < 4.78 is 11.7. The van der Waals surface area contributed by atoms with E-state index in [9.17, 15) is 4.79 Å². The molecule has 0 aliphatic carbocycles. The lowest BCUT2D eigenvalue weighted by Gasteiger charge is -2.14. The second-order valence-electron chi connectivity index (χ2n) is 6.61. The van der Waals surface area contributed by atoms with Gasteiger partial charge in [-0.2, -0.15) is 0 Å². The van der Waals surface area contributed by atoms with Crippen molar-refractivity contribution in [1.29, 1.82) is 0 Å². The van der Waals surface area contributed by atoms with Crippen molar-refractivity contribution in [2.24, 2.45) is 0 Å². The van der Waals surface area contributed by atoms with Crippen molar-refractivity contribution in [3.05, 3.63) is 89.0 Å². The van der Waals surface area contributed by atoms with Gasteiger partial charge in [-0.15, -0.1) is 0 Å². The highest BCUT2D eigenvalue weighted by molar-refractivity contribution is 6.04. The van der Waals surface area contributed by atoms with Crippen molar-refractivity contribution in [3.63, 3.8) is 0 Å². The molecular weight excluding hydrogens is 350 g/mol. The van der Waals surface area contributed by atoms with Crippen molar-refractivity contribution in [2.45, 2.75) is 27.4 Å². The van der Waals surface area contributed by atoms with Gasteiger partial charge in [-0.25, -0.2) is 0 Å². The highest BCUT2D eigenvalue weighted by Gasteiger charge is 2.12. The van der Waals surface area contributed by atoms with Crippen LogP contribution in [0.4, 0.5) is 5.69 Å². The third-order valence-electron chi connectivity index (χ3n) is 4.53.